The predicted molar refractivity (Wildman–Crippen MR) is 95.7 cm³/mol. The highest BCUT2D eigenvalue weighted by molar-refractivity contribution is 9.10. The topological polar surface area (TPSA) is 109 Å². The zero-order chi connectivity index (χ0) is 18.7. The van der Waals surface area contributed by atoms with Crippen molar-refractivity contribution >= 4 is 33.5 Å². The summed E-state index contributed by atoms with van der Waals surface area (Å²) in [7, 11) is 0. The molecule has 0 saturated carbocycles. The van der Waals surface area contributed by atoms with Crippen LogP contribution in [0.15, 0.2) is 45.7 Å². The maximum atomic E-state index is 12.3. The fourth-order valence-electron chi connectivity index (χ4n) is 2.35. The van der Waals surface area contributed by atoms with Crippen LogP contribution in [0.3, 0.4) is 0 Å². The molecule has 3 aromatic heterocycles. The Morgan fingerprint density at radius 1 is 1.38 bits per heavy atom. The maximum absolute atomic E-state index is 12.3. The lowest BCUT2D eigenvalue weighted by atomic mass is 10.2. The molecule has 0 bridgehead atoms. The van der Waals surface area contributed by atoms with Gasteiger partial charge in [-0.25, -0.2) is 0 Å². The molecule has 10 heteroatoms. The Morgan fingerprint density at radius 3 is 2.88 bits per heavy atom. The van der Waals surface area contributed by atoms with Crippen molar-refractivity contribution in [1.82, 2.24) is 19.6 Å². The molecule has 0 aliphatic heterocycles. The highest BCUT2D eigenvalue weighted by Gasteiger charge is 2.14. The number of furan rings is 1. The summed E-state index contributed by atoms with van der Waals surface area (Å²) in [4.78, 5) is 22.5. The third-order valence-corrected chi connectivity index (χ3v) is 4.14. The van der Waals surface area contributed by atoms with E-state index in [9.17, 15) is 14.9 Å². The normalized spacial score (nSPS) is 11.3. The van der Waals surface area contributed by atoms with Gasteiger partial charge in [0.05, 0.1) is 22.1 Å². The summed E-state index contributed by atoms with van der Waals surface area (Å²) >= 11 is 3.32. The first kappa shape index (κ1) is 17.8. The van der Waals surface area contributed by atoms with Gasteiger partial charge in [0.25, 0.3) is 0 Å². The molecule has 0 aromatic carbocycles. The van der Waals surface area contributed by atoms with Gasteiger partial charge in [0.2, 0.25) is 5.78 Å². The molecule has 0 saturated heterocycles. The van der Waals surface area contributed by atoms with Crippen molar-refractivity contribution in [3.05, 3.63) is 68.6 Å². The molecular formula is C16H14BrN5O4. The van der Waals surface area contributed by atoms with Crippen LogP contribution < -0.4 is 0 Å². The van der Waals surface area contributed by atoms with Crippen LogP contribution in [0.5, 0.6) is 0 Å². The Bertz CT molecular complexity index is 985. The number of rotatable bonds is 7. The van der Waals surface area contributed by atoms with E-state index in [1.807, 2.05) is 6.92 Å². The van der Waals surface area contributed by atoms with Gasteiger partial charge in [0.15, 0.2) is 0 Å². The minimum atomic E-state index is -0.509. The summed E-state index contributed by atoms with van der Waals surface area (Å²) in [5.41, 5.74) is 0.389. The summed E-state index contributed by atoms with van der Waals surface area (Å²) in [6, 6.07) is 3.44. The van der Waals surface area contributed by atoms with Crippen molar-refractivity contribution in [3.8, 4) is 0 Å². The van der Waals surface area contributed by atoms with Crippen LogP contribution >= 0.6 is 15.9 Å². The summed E-state index contributed by atoms with van der Waals surface area (Å²) in [6.07, 6.45) is 7.06. The number of hydrogen-bond acceptors (Lipinski definition) is 6. The van der Waals surface area contributed by atoms with Crippen LogP contribution in [0, 0.1) is 10.1 Å². The maximum Gasteiger partial charge on any atom is 0.307 e. The van der Waals surface area contributed by atoms with Crippen molar-refractivity contribution in [2.45, 2.75) is 20.0 Å². The number of aromatic nitrogens is 4. The fraction of sp³-hybridized carbons (Fsp3) is 0.188. The van der Waals surface area contributed by atoms with Crippen molar-refractivity contribution in [3.63, 3.8) is 0 Å². The number of hydrogen-bond donors (Lipinski definition) is 0. The number of halogens is 1. The number of carbonyl (C=O) groups is 1. The molecule has 0 fully saturated rings. The molecule has 134 valence electrons. The first-order valence-corrected chi connectivity index (χ1v) is 8.46. The zero-order valence-electron chi connectivity index (χ0n) is 13.7. The minimum Gasteiger partial charge on any atom is -0.460 e. The van der Waals surface area contributed by atoms with Gasteiger partial charge in [-0.05, 0) is 47.1 Å². The van der Waals surface area contributed by atoms with Gasteiger partial charge < -0.3 is 4.42 Å². The second-order valence-corrected chi connectivity index (χ2v) is 6.17. The largest absolute Gasteiger partial charge is 0.460 e. The zero-order valence-corrected chi connectivity index (χ0v) is 15.3. The third-order valence-electron chi connectivity index (χ3n) is 3.56. The van der Waals surface area contributed by atoms with Crippen molar-refractivity contribution < 1.29 is 14.1 Å². The van der Waals surface area contributed by atoms with E-state index >= 15 is 0 Å². The Labute approximate surface area is 156 Å². The first-order valence-electron chi connectivity index (χ1n) is 7.67. The van der Waals surface area contributed by atoms with Gasteiger partial charge in [-0.2, -0.15) is 10.2 Å². The molecule has 0 aliphatic rings. The van der Waals surface area contributed by atoms with Crippen molar-refractivity contribution in [2.24, 2.45) is 0 Å². The molecule has 3 aromatic rings. The van der Waals surface area contributed by atoms with Crippen LogP contribution in [0.4, 0.5) is 5.69 Å². The number of carbonyl (C=O) groups excluding carboxylic acids is 1. The predicted octanol–water partition coefficient (Wildman–Crippen LogP) is 3.31. The van der Waals surface area contributed by atoms with Crippen molar-refractivity contribution in [2.75, 3.05) is 0 Å². The average molecular weight is 420 g/mol. The SMILES string of the molecule is CCn1ncc(Br)c1C(=O)/C=C/c1ccc(Cn2cc([N+](=O)[O-])cn2)o1. The molecule has 0 unspecified atom stereocenters. The Balaban J connectivity index is 1.69. The quantitative estimate of drug-likeness (QED) is 0.251. The molecule has 0 N–H and O–H groups in total. The lowest BCUT2D eigenvalue weighted by Gasteiger charge is -2.01. The van der Waals surface area contributed by atoms with E-state index in [0.717, 1.165) is 0 Å². The molecule has 26 heavy (non-hydrogen) atoms. The van der Waals surface area contributed by atoms with E-state index in [-0.39, 0.29) is 18.0 Å². The number of nitrogens with zero attached hydrogens (tertiary/aromatic N) is 5. The van der Waals surface area contributed by atoms with Gasteiger partial charge in [0, 0.05) is 6.54 Å². The Morgan fingerprint density at radius 2 is 2.19 bits per heavy atom. The number of ketones is 1. The molecule has 3 rings (SSSR count). The minimum absolute atomic E-state index is 0.0830. The average Bonchev–Trinajstić information content (AvgIpc) is 3.33. The molecular weight excluding hydrogens is 406 g/mol. The molecule has 0 atom stereocenters. The van der Waals surface area contributed by atoms with Gasteiger partial charge in [-0.3, -0.25) is 24.3 Å². The number of nitro groups is 1. The molecule has 0 spiro atoms. The standard InChI is InChI=1S/C16H14BrN5O4/c1-2-21-16(14(17)8-19-21)15(23)6-5-12-3-4-13(26-12)10-20-9-11(7-18-20)22(24)25/h3-9H,2,10H2,1H3/b6-5+. The number of allylic oxidation sites excluding steroid dienone is 1. The van der Waals surface area contributed by atoms with Gasteiger partial charge in [0.1, 0.15) is 29.6 Å². The Kier molecular flexibility index (Phi) is 5.12. The molecule has 0 aliphatic carbocycles. The van der Waals surface area contributed by atoms with Crippen LogP contribution in [-0.4, -0.2) is 30.3 Å². The first-order chi connectivity index (χ1) is 12.5. The molecule has 0 radical (unpaired) electrons. The second-order valence-electron chi connectivity index (χ2n) is 5.31. The molecule has 9 nitrogen and oxygen atoms in total. The summed E-state index contributed by atoms with van der Waals surface area (Å²) in [5.74, 6) is 0.862. The van der Waals surface area contributed by atoms with Gasteiger partial charge in [-0.15, -0.1) is 0 Å². The highest BCUT2D eigenvalue weighted by Crippen LogP contribution is 2.18. The molecule has 3 heterocycles. The van der Waals surface area contributed by atoms with Crippen LogP contribution in [0.25, 0.3) is 6.08 Å². The van der Waals surface area contributed by atoms with Gasteiger partial charge >= 0.3 is 5.69 Å². The van der Waals surface area contributed by atoms with Crippen molar-refractivity contribution in [1.29, 1.82) is 0 Å². The smallest absolute Gasteiger partial charge is 0.307 e. The van der Waals surface area contributed by atoms with E-state index in [1.165, 1.54) is 23.2 Å². The van der Waals surface area contributed by atoms with E-state index in [0.29, 0.717) is 28.2 Å². The monoisotopic (exact) mass is 419 g/mol. The summed E-state index contributed by atoms with van der Waals surface area (Å²) < 4.78 is 9.26. The fourth-order valence-corrected chi connectivity index (χ4v) is 2.84. The Hall–Kier alpha value is -3.01. The second kappa shape index (κ2) is 7.48. The van der Waals surface area contributed by atoms with Crippen LogP contribution in [0.1, 0.15) is 28.9 Å². The molecule has 0 amide bonds. The van der Waals surface area contributed by atoms with Crippen LogP contribution in [-0.2, 0) is 13.1 Å². The van der Waals surface area contributed by atoms with E-state index in [4.69, 9.17) is 4.42 Å². The van der Waals surface area contributed by atoms with E-state index < -0.39 is 4.92 Å². The lowest BCUT2D eigenvalue weighted by molar-refractivity contribution is -0.385. The summed E-state index contributed by atoms with van der Waals surface area (Å²) in [5, 5.41) is 18.7. The van der Waals surface area contributed by atoms with E-state index in [2.05, 4.69) is 26.1 Å². The highest BCUT2D eigenvalue weighted by atomic mass is 79.9. The van der Waals surface area contributed by atoms with Crippen LogP contribution in [0.2, 0.25) is 0 Å². The van der Waals surface area contributed by atoms with E-state index in [1.54, 1.807) is 29.1 Å². The van der Waals surface area contributed by atoms with Gasteiger partial charge in [-0.1, -0.05) is 0 Å². The third kappa shape index (κ3) is 3.80. The summed E-state index contributed by atoms with van der Waals surface area (Å²) in [6.45, 7) is 2.74. The number of aryl methyl sites for hydroxylation is 1. The lowest BCUT2D eigenvalue weighted by Crippen LogP contribution is -2.07.